The highest BCUT2D eigenvalue weighted by molar-refractivity contribution is 6.01. The topological polar surface area (TPSA) is 108 Å². The first-order chi connectivity index (χ1) is 12.0. The predicted octanol–water partition coefficient (Wildman–Crippen LogP) is 0.150. The number of benzene rings is 1. The Labute approximate surface area is 144 Å². The van der Waals surface area contributed by atoms with Crippen molar-refractivity contribution in [3.63, 3.8) is 0 Å². The normalized spacial score (nSPS) is 20.4. The summed E-state index contributed by atoms with van der Waals surface area (Å²) in [5, 5.41) is 12.0. The molecular weight excluding hydrogens is 330 g/mol. The lowest BCUT2D eigenvalue weighted by Gasteiger charge is -2.33. The molecule has 0 aromatic heterocycles. The van der Waals surface area contributed by atoms with Crippen LogP contribution in [0.15, 0.2) is 18.2 Å². The van der Waals surface area contributed by atoms with Gasteiger partial charge >= 0.3 is 12.0 Å². The van der Waals surface area contributed by atoms with Crippen molar-refractivity contribution in [1.82, 2.24) is 10.2 Å². The van der Waals surface area contributed by atoms with E-state index >= 15 is 0 Å². The summed E-state index contributed by atoms with van der Waals surface area (Å²) in [6.07, 6.45) is 0. The molecule has 1 unspecified atom stereocenters. The van der Waals surface area contributed by atoms with E-state index in [-0.39, 0.29) is 25.8 Å². The Morgan fingerprint density at radius 3 is 2.80 bits per heavy atom. The second-order valence-corrected chi connectivity index (χ2v) is 5.70. The number of rotatable bonds is 4. The van der Waals surface area contributed by atoms with E-state index in [0.29, 0.717) is 30.1 Å². The molecule has 9 heteroatoms. The van der Waals surface area contributed by atoms with Gasteiger partial charge in [0.05, 0.1) is 26.0 Å². The molecule has 9 nitrogen and oxygen atoms in total. The van der Waals surface area contributed by atoms with E-state index in [4.69, 9.17) is 9.47 Å². The van der Waals surface area contributed by atoms with Crippen molar-refractivity contribution in [1.29, 1.82) is 0 Å². The highest BCUT2D eigenvalue weighted by atomic mass is 16.5. The summed E-state index contributed by atoms with van der Waals surface area (Å²) in [7, 11) is 1.48. The minimum Gasteiger partial charge on any atom is -0.495 e. The van der Waals surface area contributed by atoms with Crippen molar-refractivity contribution in [2.75, 3.05) is 44.9 Å². The smallest absolute Gasteiger partial charge is 0.328 e. The molecule has 3 amide bonds. The van der Waals surface area contributed by atoms with Crippen LogP contribution < -0.4 is 15.0 Å². The molecule has 2 aliphatic rings. The molecule has 1 aromatic carbocycles. The minimum atomic E-state index is -1.11. The lowest BCUT2D eigenvalue weighted by Crippen LogP contribution is -2.52. The van der Waals surface area contributed by atoms with E-state index < -0.39 is 17.9 Å². The average molecular weight is 349 g/mol. The third-order valence-electron chi connectivity index (χ3n) is 4.25. The minimum absolute atomic E-state index is 0.0430. The highest BCUT2D eigenvalue weighted by Gasteiger charge is 2.34. The van der Waals surface area contributed by atoms with Gasteiger partial charge in [-0.1, -0.05) is 0 Å². The molecule has 1 aromatic rings. The fourth-order valence-corrected chi connectivity index (χ4v) is 2.95. The zero-order valence-corrected chi connectivity index (χ0v) is 13.7. The quantitative estimate of drug-likeness (QED) is 0.801. The van der Waals surface area contributed by atoms with Gasteiger partial charge in [-0.25, -0.2) is 9.59 Å². The van der Waals surface area contributed by atoms with E-state index in [1.165, 1.54) is 16.9 Å². The lowest BCUT2D eigenvalue weighted by atomic mass is 10.1. The summed E-state index contributed by atoms with van der Waals surface area (Å²) in [4.78, 5) is 38.9. The molecule has 2 heterocycles. The van der Waals surface area contributed by atoms with E-state index in [0.717, 1.165) is 0 Å². The number of nitrogens with one attached hydrogen (secondary N) is 1. The number of morpholine rings is 1. The van der Waals surface area contributed by atoms with Gasteiger partial charge in [0.2, 0.25) is 0 Å². The zero-order chi connectivity index (χ0) is 18.0. The molecule has 3 rings (SSSR count). The molecule has 2 saturated heterocycles. The van der Waals surface area contributed by atoms with Crippen molar-refractivity contribution in [3.8, 4) is 5.75 Å². The molecular formula is C16H19N3O6. The summed E-state index contributed by atoms with van der Waals surface area (Å²) in [5.41, 5.74) is 0.770. The largest absolute Gasteiger partial charge is 0.495 e. The monoisotopic (exact) mass is 349 g/mol. The van der Waals surface area contributed by atoms with Gasteiger partial charge in [-0.2, -0.15) is 0 Å². The maximum Gasteiger partial charge on any atom is 0.328 e. The molecule has 0 spiro atoms. The molecule has 134 valence electrons. The number of carbonyl (C=O) groups excluding carboxylic acids is 2. The van der Waals surface area contributed by atoms with Gasteiger partial charge in [0.15, 0.2) is 6.04 Å². The van der Waals surface area contributed by atoms with Crippen LogP contribution in [0, 0.1) is 0 Å². The van der Waals surface area contributed by atoms with Crippen LogP contribution in [-0.2, 0) is 9.53 Å². The maximum atomic E-state index is 12.8. The Hall–Kier alpha value is -2.81. The van der Waals surface area contributed by atoms with E-state index in [9.17, 15) is 19.5 Å². The van der Waals surface area contributed by atoms with Gasteiger partial charge in [-0.15, -0.1) is 0 Å². The van der Waals surface area contributed by atoms with Crippen LogP contribution in [0.3, 0.4) is 0 Å². The van der Waals surface area contributed by atoms with Crippen LogP contribution >= 0.6 is 0 Å². The molecule has 25 heavy (non-hydrogen) atoms. The van der Waals surface area contributed by atoms with Gasteiger partial charge < -0.3 is 24.8 Å². The maximum absolute atomic E-state index is 12.8. The van der Waals surface area contributed by atoms with Crippen molar-refractivity contribution in [2.45, 2.75) is 6.04 Å². The van der Waals surface area contributed by atoms with Crippen molar-refractivity contribution in [2.24, 2.45) is 0 Å². The van der Waals surface area contributed by atoms with Crippen LogP contribution in [0.4, 0.5) is 10.5 Å². The average Bonchev–Trinajstić information content (AvgIpc) is 3.06. The molecule has 0 aliphatic carbocycles. The predicted molar refractivity (Wildman–Crippen MR) is 87.0 cm³/mol. The number of amides is 3. The second kappa shape index (κ2) is 6.98. The first-order valence-electron chi connectivity index (χ1n) is 7.88. The first-order valence-corrected chi connectivity index (χ1v) is 7.88. The Kier molecular flexibility index (Phi) is 4.75. The number of anilines is 1. The number of nitrogens with zero attached hydrogens (tertiary/aromatic N) is 2. The SMILES string of the molecule is COc1ccc(C(=O)N2CCOCC2C(=O)O)cc1N1CCNC1=O. The fraction of sp³-hybridized carbons (Fsp3) is 0.438. The Morgan fingerprint density at radius 1 is 1.36 bits per heavy atom. The number of hydrogen-bond donors (Lipinski definition) is 2. The fourth-order valence-electron chi connectivity index (χ4n) is 2.95. The van der Waals surface area contributed by atoms with Crippen molar-refractivity contribution >= 4 is 23.6 Å². The zero-order valence-electron chi connectivity index (χ0n) is 13.7. The van der Waals surface area contributed by atoms with Gasteiger partial charge in [0.25, 0.3) is 5.91 Å². The van der Waals surface area contributed by atoms with Crippen LogP contribution in [0.5, 0.6) is 5.75 Å². The van der Waals surface area contributed by atoms with Gasteiger partial charge in [-0.3, -0.25) is 9.69 Å². The Bertz CT molecular complexity index is 707. The molecule has 2 fully saturated rings. The summed E-state index contributed by atoms with van der Waals surface area (Å²) >= 11 is 0. The number of carbonyl (C=O) groups is 3. The van der Waals surface area contributed by atoms with Crippen LogP contribution in [0.25, 0.3) is 0 Å². The van der Waals surface area contributed by atoms with E-state index in [2.05, 4.69) is 5.32 Å². The summed E-state index contributed by atoms with van der Waals surface area (Å²) in [5.74, 6) is -1.06. The molecule has 2 N–H and O–H groups in total. The lowest BCUT2D eigenvalue weighted by molar-refractivity contribution is -0.147. The number of aliphatic carboxylic acids is 1. The number of carboxylic acids is 1. The third-order valence-corrected chi connectivity index (χ3v) is 4.25. The molecule has 0 radical (unpaired) electrons. The van der Waals surface area contributed by atoms with Crippen molar-refractivity contribution < 1.29 is 29.0 Å². The number of hydrogen-bond acceptors (Lipinski definition) is 5. The summed E-state index contributed by atoms with van der Waals surface area (Å²) in [6, 6.07) is 3.43. The summed E-state index contributed by atoms with van der Waals surface area (Å²) < 4.78 is 10.4. The Balaban J connectivity index is 1.92. The Morgan fingerprint density at radius 2 is 2.16 bits per heavy atom. The molecule has 0 bridgehead atoms. The molecule has 0 saturated carbocycles. The van der Waals surface area contributed by atoms with E-state index in [1.54, 1.807) is 18.2 Å². The van der Waals surface area contributed by atoms with Gasteiger partial charge in [-0.05, 0) is 18.2 Å². The molecule has 1 atom stereocenters. The van der Waals surface area contributed by atoms with Crippen LogP contribution in [0.1, 0.15) is 10.4 Å². The summed E-state index contributed by atoms with van der Waals surface area (Å²) in [6.45, 7) is 1.40. The van der Waals surface area contributed by atoms with E-state index in [1.807, 2.05) is 0 Å². The third kappa shape index (κ3) is 3.22. The highest BCUT2D eigenvalue weighted by Crippen LogP contribution is 2.31. The molecule has 2 aliphatic heterocycles. The number of carboxylic acid groups (broad SMARTS) is 1. The van der Waals surface area contributed by atoms with Gasteiger partial charge in [0, 0.05) is 25.2 Å². The number of ether oxygens (including phenoxy) is 2. The standard InChI is InChI=1S/C16H19N3O6/c1-24-13-3-2-10(8-11(13)19-5-4-17-16(19)23)14(20)18-6-7-25-9-12(18)15(21)22/h2-3,8,12H,4-7,9H2,1H3,(H,17,23)(H,21,22). The number of urea groups is 1. The van der Waals surface area contributed by atoms with Crippen LogP contribution in [-0.4, -0.2) is 73.9 Å². The van der Waals surface area contributed by atoms with Crippen LogP contribution in [0.2, 0.25) is 0 Å². The first kappa shape index (κ1) is 17.0. The second-order valence-electron chi connectivity index (χ2n) is 5.70. The van der Waals surface area contributed by atoms with Gasteiger partial charge in [0.1, 0.15) is 5.75 Å². The van der Waals surface area contributed by atoms with Crippen molar-refractivity contribution in [3.05, 3.63) is 23.8 Å². The number of methoxy groups -OCH3 is 1.